The standard InChI is InChI=1S/C31H41N3O5/c1-30(2,3)39-29(36)33-19-20-34(31(23-33)15-8-16-31)25-11-7-12-27(21-25)38-26-13-17-32(18-14-26)28(35)37-22-24-9-5-4-6-10-24/h4-7,9-12,21,26H,8,13-20,22-23H2,1-3H3. The molecule has 2 heterocycles. The van der Waals surface area contributed by atoms with Gasteiger partial charge in [-0.25, -0.2) is 9.59 Å². The lowest BCUT2D eigenvalue weighted by atomic mass is 9.73. The predicted octanol–water partition coefficient (Wildman–Crippen LogP) is 5.85. The minimum Gasteiger partial charge on any atom is -0.490 e. The van der Waals surface area contributed by atoms with Gasteiger partial charge >= 0.3 is 12.2 Å². The fraction of sp³-hybridized carbons (Fsp3) is 0.548. The summed E-state index contributed by atoms with van der Waals surface area (Å²) in [4.78, 5) is 31.4. The summed E-state index contributed by atoms with van der Waals surface area (Å²) < 4.78 is 17.5. The molecule has 2 aromatic carbocycles. The molecule has 210 valence electrons. The number of rotatable bonds is 5. The molecule has 39 heavy (non-hydrogen) atoms. The molecule has 5 rings (SSSR count). The Labute approximate surface area is 231 Å². The van der Waals surface area contributed by atoms with Crippen molar-refractivity contribution in [3.8, 4) is 5.75 Å². The predicted molar refractivity (Wildman–Crippen MR) is 150 cm³/mol. The van der Waals surface area contributed by atoms with Crippen LogP contribution in [0.1, 0.15) is 58.4 Å². The van der Waals surface area contributed by atoms with Crippen molar-refractivity contribution in [3.63, 3.8) is 0 Å². The van der Waals surface area contributed by atoms with Crippen molar-refractivity contribution in [2.45, 2.75) is 76.7 Å². The van der Waals surface area contributed by atoms with Crippen LogP contribution in [0.5, 0.6) is 5.75 Å². The molecule has 3 fully saturated rings. The van der Waals surface area contributed by atoms with Crippen LogP contribution in [-0.4, -0.2) is 72.0 Å². The lowest BCUT2D eigenvalue weighted by molar-refractivity contribution is 0.00929. The minimum absolute atomic E-state index is 0.0424. The molecule has 0 aromatic heterocycles. The third-order valence-corrected chi connectivity index (χ3v) is 7.92. The molecule has 0 unspecified atom stereocenters. The second-order valence-corrected chi connectivity index (χ2v) is 12.0. The number of hydrogen-bond acceptors (Lipinski definition) is 6. The summed E-state index contributed by atoms with van der Waals surface area (Å²) >= 11 is 0. The normalized spacial score (nSPS) is 19.4. The lowest BCUT2D eigenvalue weighted by Crippen LogP contribution is -2.67. The third kappa shape index (κ3) is 6.60. The highest BCUT2D eigenvalue weighted by Gasteiger charge is 2.48. The molecule has 2 aromatic rings. The minimum atomic E-state index is -0.495. The SMILES string of the molecule is CC(C)(C)OC(=O)N1CCN(c2cccc(OC3CCN(C(=O)OCc4ccccc4)CC3)c2)C2(CCC2)C1. The topological polar surface area (TPSA) is 71.6 Å². The number of benzene rings is 2. The van der Waals surface area contributed by atoms with Crippen molar-refractivity contribution in [1.29, 1.82) is 0 Å². The van der Waals surface area contributed by atoms with Crippen LogP contribution in [0.25, 0.3) is 0 Å². The average Bonchev–Trinajstić information content (AvgIpc) is 2.90. The van der Waals surface area contributed by atoms with Crippen LogP contribution >= 0.6 is 0 Å². The van der Waals surface area contributed by atoms with Crippen LogP contribution in [0.4, 0.5) is 15.3 Å². The average molecular weight is 536 g/mol. The van der Waals surface area contributed by atoms with Crippen molar-refractivity contribution >= 4 is 17.9 Å². The van der Waals surface area contributed by atoms with E-state index in [-0.39, 0.29) is 30.4 Å². The van der Waals surface area contributed by atoms with Gasteiger partial charge in [0.15, 0.2) is 0 Å². The summed E-state index contributed by atoms with van der Waals surface area (Å²) in [5, 5.41) is 0. The molecule has 0 atom stereocenters. The van der Waals surface area contributed by atoms with Crippen LogP contribution in [0.2, 0.25) is 0 Å². The Hall–Kier alpha value is -3.42. The zero-order valence-electron chi connectivity index (χ0n) is 23.4. The number of piperazine rings is 1. The molecule has 2 aliphatic heterocycles. The van der Waals surface area contributed by atoms with Gasteiger partial charge in [-0.3, -0.25) is 0 Å². The summed E-state index contributed by atoms with van der Waals surface area (Å²) in [7, 11) is 0. The first-order valence-electron chi connectivity index (χ1n) is 14.2. The summed E-state index contributed by atoms with van der Waals surface area (Å²) in [5.41, 5.74) is 1.58. The molecule has 1 aliphatic carbocycles. The van der Waals surface area contributed by atoms with Crippen LogP contribution < -0.4 is 9.64 Å². The maximum absolute atomic E-state index is 12.8. The van der Waals surface area contributed by atoms with Gasteiger partial charge in [-0.05, 0) is 57.7 Å². The maximum atomic E-state index is 12.8. The molecule has 1 spiro atoms. The molecular weight excluding hydrogens is 494 g/mol. The molecule has 2 amide bonds. The number of piperidine rings is 1. The number of ether oxygens (including phenoxy) is 3. The molecule has 8 nitrogen and oxygen atoms in total. The van der Waals surface area contributed by atoms with Gasteiger partial charge in [0.05, 0.1) is 5.54 Å². The van der Waals surface area contributed by atoms with E-state index in [9.17, 15) is 9.59 Å². The number of likely N-dealkylation sites (tertiary alicyclic amines) is 1. The van der Waals surface area contributed by atoms with Crippen molar-refractivity contribution < 1.29 is 23.8 Å². The van der Waals surface area contributed by atoms with E-state index in [1.165, 1.54) is 6.42 Å². The van der Waals surface area contributed by atoms with Gasteiger partial charge in [-0.2, -0.15) is 0 Å². The van der Waals surface area contributed by atoms with E-state index >= 15 is 0 Å². The highest BCUT2D eigenvalue weighted by atomic mass is 16.6. The van der Waals surface area contributed by atoms with Crippen LogP contribution in [0.15, 0.2) is 54.6 Å². The van der Waals surface area contributed by atoms with Gasteiger partial charge in [0.1, 0.15) is 24.1 Å². The molecule has 1 saturated carbocycles. The number of carbonyl (C=O) groups excluding carboxylic acids is 2. The molecule has 2 saturated heterocycles. The third-order valence-electron chi connectivity index (χ3n) is 7.92. The van der Waals surface area contributed by atoms with Gasteiger partial charge < -0.3 is 28.9 Å². The molecule has 0 bridgehead atoms. The highest BCUT2D eigenvalue weighted by Crippen LogP contribution is 2.43. The number of hydrogen-bond donors (Lipinski definition) is 0. The molecular formula is C31H41N3O5. The number of anilines is 1. The second-order valence-electron chi connectivity index (χ2n) is 12.0. The summed E-state index contributed by atoms with van der Waals surface area (Å²) in [6.07, 6.45) is 4.40. The maximum Gasteiger partial charge on any atom is 0.410 e. The van der Waals surface area contributed by atoms with E-state index in [1.807, 2.05) is 68.1 Å². The van der Waals surface area contributed by atoms with E-state index in [1.54, 1.807) is 4.90 Å². The summed E-state index contributed by atoms with van der Waals surface area (Å²) in [6, 6.07) is 18.1. The zero-order valence-corrected chi connectivity index (χ0v) is 23.4. The quantitative estimate of drug-likeness (QED) is 0.479. The van der Waals surface area contributed by atoms with Crippen molar-refractivity contribution in [1.82, 2.24) is 9.80 Å². The zero-order chi connectivity index (χ0) is 27.5. The Balaban J connectivity index is 1.14. The Bertz CT molecular complexity index is 1140. The molecule has 3 aliphatic rings. The lowest BCUT2D eigenvalue weighted by Gasteiger charge is -2.56. The van der Waals surface area contributed by atoms with E-state index in [4.69, 9.17) is 14.2 Å². The van der Waals surface area contributed by atoms with Gasteiger partial charge in [-0.1, -0.05) is 36.4 Å². The van der Waals surface area contributed by atoms with Crippen molar-refractivity contribution in [3.05, 3.63) is 60.2 Å². The Morgan fingerprint density at radius 3 is 2.31 bits per heavy atom. The molecule has 0 N–H and O–H groups in total. The summed E-state index contributed by atoms with van der Waals surface area (Å²) in [5.74, 6) is 0.849. The van der Waals surface area contributed by atoms with Crippen molar-refractivity contribution in [2.24, 2.45) is 0 Å². The highest BCUT2D eigenvalue weighted by molar-refractivity contribution is 5.69. The first-order valence-corrected chi connectivity index (χ1v) is 14.2. The fourth-order valence-electron chi connectivity index (χ4n) is 5.76. The van der Waals surface area contributed by atoms with Gasteiger partial charge in [0.2, 0.25) is 0 Å². The fourth-order valence-corrected chi connectivity index (χ4v) is 5.76. The Morgan fingerprint density at radius 2 is 1.64 bits per heavy atom. The van der Waals surface area contributed by atoms with E-state index in [2.05, 4.69) is 17.0 Å². The number of carbonyl (C=O) groups is 2. The first kappa shape index (κ1) is 27.2. The first-order chi connectivity index (χ1) is 18.7. The summed E-state index contributed by atoms with van der Waals surface area (Å²) in [6.45, 7) is 9.35. The monoisotopic (exact) mass is 535 g/mol. The van der Waals surface area contributed by atoms with Crippen molar-refractivity contribution in [2.75, 3.05) is 37.6 Å². The van der Waals surface area contributed by atoms with Gasteiger partial charge in [0, 0.05) is 57.3 Å². The Morgan fingerprint density at radius 1 is 0.897 bits per heavy atom. The van der Waals surface area contributed by atoms with Gasteiger partial charge in [-0.15, -0.1) is 0 Å². The molecule has 0 radical (unpaired) electrons. The molecule has 8 heteroatoms. The largest absolute Gasteiger partial charge is 0.490 e. The van der Waals surface area contributed by atoms with Crippen LogP contribution in [0.3, 0.4) is 0 Å². The smallest absolute Gasteiger partial charge is 0.410 e. The van der Waals surface area contributed by atoms with Gasteiger partial charge in [0.25, 0.3) is 0 Å². The van der Waals surface area contributed by atoms with Crippen LogP contribution in [-0.2, 0) is 16.1 Å². The second kappa shape index (κ2) is 11.4. The van der Waals surface area contributed by atoms with E-state index in [0.29, 0.717) is 26.2 Å². The Kier molecular flexibility index (Phi) is 7.91. The number of nitrogens with zero attached hydrogens (tertiary/aromatic N) is 3. The van der Waals surface area contributed by atoms with Crippen LogP contribution in [0, 0.1) is 0 Å². The van der Waals surface area contributed by atoms with E-state index < -0.39 is 5.60 Å². The number of amides is 2. The van der Waals surface area contributed by atoms with E-state index in [0.717, 1.165) is 49.2 Å².